The number of anilines is 2. The Morgan fingerprint density at radius 1 is 1.19 bits per heavy atom. The smallest absolute Gasteiger partial charge is 0.170 e. The fourth-order valence-electron chi connectivity index (χ4n) is 3.49. The Kier molecular flexibility index (Phi) is 6.40. The number of fused-ring (bicyclic) bond motifs is 1. The lowest BCUT2D eigenvalue weighted by atomic mass is 10.1. The zero-order chi connectivity index (χ0) is 19.2. The van der Waals surface area contributed by atoms with E-state index < -0.39 is 0 Å². The van der Waals surface area contributed by atoms with Crippen LogP contribution in [0.2, 0.25) is 0 Å². The van der Waals surface area contributed by atoms with Crippen molar-refractivity contribution in [3.05, 3.63) is 48.0 Å². The van der Waals surface area contributed by atoms with Gasteiger partial charge >= 0.3 is 0 Å². The molecule has 1 atom stereocenters. The molecule has 0 aromatic heterocycles. The van der Waals surface area contributed by atoms with Crippen LogP contribution in [0.5, 0.6) is 11.5 Å². The van der Waals surface area contributed by atoms with Crippen LogP contribution in [0, 0.1) is 0 Å². The third-order valence-electron chi connectivity index (χ3n) is 4.87. The second kappa shape index (κ2) is 8.95. The van der Waals surface area contributed by atoms with Crippen LogP contribution in [0.1, 0.15) is 18.9 Å². The average molecular weight is 386 g/mol. The summed E-state index contributed by atoms with van der Waals surface area (Å²) < 4.78 is 10.6. The molecular weight excluding hydrogens is 358 g/mol. The molecule has 0 aliphatic carbocycles. The van der Waals surface area contributed by atoms with E-state index in [1.807, 2.05) is 18.2 Å². The molecule has 0 amide bonds. The maximum Gasteiger partial charge on any atom is 0.170 e. The maximum atomic E-state index is 5.42. The van der Waals surface area contributed by atoms with Crippen LogP contribution in [0.15, 0.2) is 42.5 Å². The van der Waals surface area contributed by atoms with Gasteiger partial charge in [0.1, 0.15) is 11.5 Å². The van der Waals surface area contributed by atoms with Crippen LogP contribution in [-0.2, 0) is 6.42 Å². The van der Waals surface area contributed by atoms with E-state index >= 15 is 0 Å². The molecule has 5 nitrogen and oxygen atoms in total. The molecule has 0 radical (unpaired) electrons. The number of nitrogens with one attached hydrogen (secondary N) is 2. The minimum Gasteiger partial charge on any atom is -0.497 e. The quantitative estimate of drug-likeness (QED) is 0.558. The molecule has 0 saturated carbocycles. The van der Waals surface area contributed by atoms with Crippen LogP contribution in [0.25, 0.3) is 0 Å². The van der Waals surface area contributed by atoms with E-state index in [2.05, 4.69) is 46.7 Å². The Morgan fingerprint density at radius 2 is 2.00 bits per heavy atom. The predicted molar refractivity (Wildman–Crippen MR) is 115 cm³/mol. The lowest BCUT2D eigenvalue weighted by Gasteiger charge is -2.25. The summed E-state index contributed by atoms with van der Waals surface area (Å²) >= 11 is 5.42. The third kappa shape index (κ3) is 4.63. The van der Waals surface area contributed by atoms with Crippen molar-refractivity contribution in [2.24, 2.45) is 0 Å². The standard InChI is InChI=1S/C21H27N3O2S/c1-15-13-16-7-4-5-8-19(16)24(15)12-6-11-22-21(27)23-18-10-9-17(25-2)14-20(18)26-3/h4-5,7-10,14-15H,6,11-13H2,1-3H3,(H2,22,23,27)/t15-/m0/s1. The molecule has 0 bridgehead atoms. The normalized spacial score (nSPS) is 15.2. The third-order valence-corrected chi connectivity index (χ3v) is 5.11. The van der Waals surface area contributed by atoms with Crippen molar-refractivity contribution in [1.82, 2.24) is 5.32 Å². The molecule has 2 aromatic rings. The molecule has 0 spiro atoms. The molecule has 2 N–H and O–H groups in total. The van der Waals surface area contributed by atoms with Gasteiger partial charge in [0, 0.05) is 30.9 Å². The largest absolute Gasteiger partial charge is 0.497 e. The summed E-state index contributed by atoms with van der Waals surface area (Å²) in [6.07, 6.45) is 2.14. The number of ether oxygens (including phenoxy) is 2. The van der Waals surface area contributed by atoms with Gasteiger partial charge in [-0.3, -0.25) is 0 Å². The molecule has 6 heteroatoms. The highest BCUT2D eigenvalue weighted by Crippen LogP contribution is 2.31. The van der Waals surface area contributed by atoms with E-state index in [1.165, 1.54) is 11.3 Å². The number of para-hydroxylation sites is 1. The Labute approximate surface area is 166 Å². The zero-order valence-electron chi connectivity index (χ0n) is 16.1. The maximum absolute atomic E-state index is 5.42. The highest BCUT2D eigenvalue weighted by molar-refractivity contribution is 7.80. The average Bonchev–Trinajstić information content (AvgIpc) is 3.00. The molecule has 1 aliphatic rings. The van der Waals surface area contributed by atoms with E-state index in [0.29, 0.717) is 16.9 Å². The van der Waals surface area contributed by atoms with Crippen molar-refractivity contribution in [2.75, 3.05) is 37.5 Å². The van der Waals surface area contributed by atoms with Gasteiger partial charge in [-0.2, -0.15) is 0 Å². The highest BCUT2D eigenvalue weighted by Gasteiger charge is 2.24. The van der Waals surface area contributed by atoms with Gasteiger partial charge in [0.25, 0.3) is 0 Å². The zero-order valence-corrected chi connectivity index (χ0v) is 16.9. The molecule has 3 rings (SSSR count). The topological polar surface area (TPSA) is 45.8 Å². The van der Waals surface area contributed by atoms with Crippen molar-refractivity contribution in [3.8, 4) is 11.5 Å². The SMILES string of the molecule is COc1ccc(NC(=S)NCCCN2c3ccccc3C[C@@H]2C)c(OC)c1. The molecule has 144 valence electrons. The van der Waals surface area contributed by atoms with Gasteiger partial charge in [-0.25, -0.2) is 0 Å². The van der Waals surface area contributed by atoms with Crippen LogP contribution < -0.4 is 25.0 Å². The highest BCUT2D eigenvalue weighted by atomic mass is 32.1. The summed E-state index contributed by atoms with van der Waals surface area (Å²) in [4.78, 5) is 2.49. The summed E-state index contributed by atoms with van der Waals surface area (Å²) in [5, 5.41) is 7.06. The number of benzene rings is 2. The number of methoxy groups -OCH3 is 2. The van der Waals surface area contributed by atoms with Gasteiger partial charge in [-0.15, -0.1) is 0 Å². The Balaban J connectivity index is 1.47. The van der Waals surface area contributed by atoms with E-state index in [-0.39, 0.29) is 0 Å². The van der Waals surface area contributed by atoms with Crippen LogP contribution in [0.3, 0.4) is 0 Å². The van der Waals surface area contributed by atoms with Crippen molar-refractivity contribution in [1.29, 1.82) is 0 Å². The Bertz CT molecular complexity index is 797. The summed E-state index contributed by atoms with van der Waals surface area (Å²) in [6.45, 7) is 4.12. The van der Waals surface area contributed by atoms with Gasteiger partial charge in [0.15, 0.2) is 5.11 Å². The van der Waals surface area contributed by atoms with Crippen molar-refractivity contribution < 1.29 is 9.47 Å². The van der Waals surface area contributed by atoms with Gasteiger partial charge in [0.2, 0.25) is 0 Å². The molecule has 1 heterocycles. The molecule has 0 fully saturated rings. The van der Waals surface area contributed by atoms with Gasteiger partial charge < -0.3 is 25.0 Å². The van der Waals surface area contributed by atoms with Crippen LogP contribution >= 0.6 is 12.2 Å². The summed E-state index contributed by atoms with van der Waals surface area (Å²) in [5.74, 6) is 1.44. The number of nitrogens with zero attached hydrogens (tertiary/aromatic N) is 1. The fraction of sp³-hybridized carbons (Fsp3) is 0.381. The van der Waals surface area contributed by atoms with E-state index in [0.717, 1.165) is 37.4 Å². The monoisotopic (exact) mass is 385 g/mol. The lowest BCUT2D eigenvalue weighted by Crippen LogP contribution is -2.34. The number of thiocarbonyl (C=S) groups is 1. The lowest BCUT2D eigenvalue weighted by molar-refractivity contribution is 0.395. The van der Waals surface area contributed by atoms with Gasteiger partial charge in [0.05, 0.1) is 19.9 Å². The summed E-state index contributed by atoms with van der Waals surface area (Å²) in [7, 11) is 3.26. The molecule has 0 unspecified atom stereocenters. The minimum atomic E-state index is 0.552. The molecule has 0 saturated heterocycles. The van der Waals surface area contributed by atoms with Gasteiger partial charge in [-0.1, -0.05) is 18.2 Å². The molecule has 1 aliphatic heterocycles. The summed E-state index contributed by atoms with van der Waals surface area (Å²) in [5.41, 5.74) is 3.63. The first kappa shape index (κ1) is 19.3. The first-order chi connectivity index (χ1) is 13.1. The van der Waals surface area contributed by atoms with Gasteiger partial charge in [-0.05, 0) is 55.7 Å². The number of hydrogen-bond donors (Lipinski definition) is 2. The first-order valence-corrected chi connectivity index (χ1v) is 9.64. The second-order valence-corrected chi connectivity index (χ2v) is 7.08. The van der Waals surface area contributed by atoms with Crippen LogP contribution in [0.4, 0.5) is 11.4 Å². The predicted octanol–water partition coefficient (Wildman–Crippen LogP) is 3.83. The molecule has 27 heavy (non-hydrogen) atoms. The minimum absolute atomic E-state index is 0.552. The van der Waals surface area contributed by atoms with Crippen molar-refractivity contribution in [2.45, 2.75) is 25.8 Å². The molecular formula is C21H27N3O2S. The van der Waals surface area contributed by atoms with E-state index in [1.54, 1.807) is 14.2 Å². The fourth-order valence-corrected chi connectivity index (χ4v) is 3.70. The Hall–Kier alpha value is -2.47. The van der Waals surface area contributed by atoms with Crippen molar-refractivity contribution >= 4 is 28.7 Å². The Morgan fingerprint density at radius 3 is 2.78 bits per heavy atom. The van der Waals surface area contributed by atoms with E-state index in [4.69, 9.17) is 21.7 Å². The molecule has 2 aromatic carbocycles. The van der Waals surface area contributed by atoms with Crippen LogP contribution in [-0.4, -0.2) is 38.5 Å². The number of rotatable bonds is 7. The van der Waals surface area contributed by atoms with E-state index in [9.17, 15) is 0 Å². The summed E-state index contributed by atoms with van der Waals surface area (Å²) in [6, 6.07) is 14.8. The number of hydrogen-bond acceptors (Lipinski definition) is 4. The first-order valence-electron chi connectivity index (χ1n) is 9.23. The second-order valence-electron chi connectivity index (χ2n) is 6.68. The van der Waals surface area contributed by atoms with Crippen molar-refractivity contribution in [3.63, 3.8) is 0 Å².